The van der Waals surface area contributed by atoms with Crippen molar-refractivity contribution in [3.63, 3.8) is 0 Å². The Morgan fingerprint density at radius 1 is 0.655 bits per heavy atom. The first-order valence-electron chi connectivity index (χ1n) is 12.4. The predicted octanol–water partition coefficient (Wildman–Crippen LogP) is 8.25. The minimum Gasteiger partial charge on any atom is -0.302 e. The van der Waals surface area contributed by atoms with Gasteiger partial charge in [-0.15, -0.1) is 0 Å². The fourth-order valence-electron chi connectivity index (χ4n) is 4.01. The highest BCUT2D eigenvalue weighted by Crippen LogP contribution is 2.14. The van der Waals surface area contributed by atoms with Crippen molar-refractivity contribution in [1.82, 2.24) is 4.90 Å². The zero-order valence-corrected chi connectivity index (χ0v) is 19.4. The van der Waals surface area contributed by atoms with E-state index in [1.165, 1.54) is 115 Å². The van der Waals surface area contributed by atoms with Crippen molar-refractivity contribution >= 4 is 0 Å². The summed E-state index contributed by atoms with van der Waals surface area (Å²) < 4.78 is 0. The summed E-state index contributed by atoms with van der Waals surface area (Å²) in [5.74, 6) is 0. The van der Waals surface area contributed by atoms with Gasteiger partial charge in [0.25, 0.3) is 0 Å². The van der Waals surface area contributed by atoms with Crippen LogP contribution in [0.5, 0.6) is 0 Å². The van der Waals surface area contributed by atoms with Crippen molar-refractivity contribution in [2.75, 3.05) is 13.6 Å². The van der Waals surface area contributed by atoms with Crippen LogP contribution in [-0.4, -0.2) is 18.5 Å². The zero-order valence-electron chi connectivity index (χ0n) is 19.4. The smallest absolute Gasteiger partial charge is 0.0991 e. The van der Waals surface area contributed by atoms with Gasteiger partial charge in [0.05, 0.1) is 11.6 Å². The number of hydrogen-bond donors (Lipinski definition) is 0. The van der Waals surface area contributed by atoms with Gasteiger partial charge < -0.3 is 4.90 Å². The van der Waals surface area contributed by atoms with Gasteiger partial charge in [-0.2, -0.15) is 5.26 Å². The first kappa shape index (κ1) is 25.7. The van der Waals surface area contributed by atoms with Crippen LogP contribution in [0.1, 0.15) is 121 Å². The van der Waals surface area contributed by atoms with E-state index in [1.807, 2.05) is 12.1 Å². The van der Waals surface area contributed by atoms with Gasteiger partial charge in [-0.3, -0.25) is 0 Å². The summed E-state index contributed by atoms with van der Waals surface area (Å²) >= 11 is 0. The van der Waals surface area contributed by atoms with Gasteiger partial charge in [0, 0.05) is 6.54 Å². The molecule has 2 heteroatoms. The lowest BCUT2D eigenvalue weighted by Crippen LogP contribution is -2.19. The maximum Gasteiger partial charge on any atom is 0.0991 e. The number of hydrogen-bond acceptors (Lipinski definition) is 2. The number of unbranched alkanes of at least 4 members (excludes halogenated alkanes) is 15. The normalized spacial score (nSPS) is 11.1. The number of benzene rings is 1. The Kier molecular flexibility index (Phi) is 16.6. The quantitative estimate of drug-likeness (QED) is 0.219. The zero-order chi connectivity index (χ0) is 21.0. The summed E-state index contributed by atoms with van der Waals surface area (Å²) in [6.45, 7) is 4.43. The second kappa shape index (κ2) is 18.7. The number of rotatable bonds is 19. The Bertz CT molecular complexity index is 514. The lowest BCUT2D eigenvalue weighted by molar-refractivity contribution is 0.316. The summed E-state index contributed by atoms with van der Waals surface area (Å²) in [6.07, 6.45) is 22.8. The molecule has 0 aliphatic carbocycles. The van der Waals surface area contributed by atoms with Gasteiger partial charge in [-0.1, -0.05) is 115 Å². The molecule has 0 aromatic heterocycles. The molecule has 0 heterocycles. The van der Waals surface area contributed by atoms with Crippen molar-refractivity contribution in [2.24, 2.45) is 0 Å². The highest BCUT2D eigenvalue weighted by atomic mass is 15.1. The molecule has 0 amide bonds. The Morgan fingerprint density at radius 2 is 1.07 bits per heavy atom. The first-order chi connectivity index (χ1) is 14.3. The highest BCUT2D eigenvalue weighted by molar-refractivity contribution is 5.31. The minimum atomic E-state index is 0.745. The van der Waals surface area contributed by atoms with Gasteiger partial charge in [0.2, 0.25) is 0 Å². The molecule has 0 atom stereocenters. The molecule has 0 N–H and O–H groups in total. The molecule has 1 aromatic rings. The number of nitrogens with zero attached hydrogens (tertiary/aromatic N) is 2. The van der Waals surface area contributed by atoms with E-state index in [9.17, 15) is 0 Å². The monoisotopic (exact) mass is 398 g/mol. The summed E-state index contributed by atoms with van der Waals surface area (Å²) in [5.41, 5.74) is 2.04. The molecule has 0 fully saturated rings. The van der Waals surface area contributed by atoms with Crippen LogP contribution < -0.4 is 0 Å². The highest BCUT2D eigenvalue weighted by Gasteiger charge is 2.01. The lowest BCUT2D eigenvalue weighted by Gasteiger charge is -2.16. The molecule has 0 bridgehead atoms. The molecule has 0 saturated carbocycles. The average molecular weight is 399 g/mol. The van der Waals surface area contributed by atoms with Gasteiger partial charge in [0.15, 0.2) is 0 Å². The van der Waals surface area contributed by atoms with Crippen LogP contribution in [0, 0.1) is 11.3 Å². The molecule has 164 valence electrons. The molecule has 0 saturated heterocycles. The second-order valence-corrected chi connectivity index (χ2v) is 8.85. The molecular weight excluding hydrogens is 352 g/mol. The topological polar surface area (TPSA) is 27.0 Å². The van der Waals surface area contributed by atoms with E-state index < -0.39 is 0 Å². The van der Waals surface area contributed by atoms with Crippen LogP contribution in [0.25, 0.3) is 0 Å². The Morgan fingerprint density at radius 3 is 1.48 bits per heavy atom. The predicted molar refractivity (Wildman–Crippen MR) is 127 cm³/mol. The van der Waals surface area contributed by atoms with Crippen molar-refractivity contribution in [2.45, 2.75) is 116 Å². The minimum absolute atomic E-state index is 0.745. The van der Waals surface area contributed by atoms with E-state index in [4.69, 9.17) is 5.26 Å². The van der Waals surface area contributed by atoms with E-state index in [0.29, 0.717) is 0 Å². The largest absolute Gasteiger partial charge is 0.302 e. The van der Waals surface area contributed by atoms with Crippen LogP contribution in [0.2, 0.25) is 0 Å². The fraction of sp³-hybridized carbons (Fsp3) is 0.741. The van der Waals surface area contributed by atoms with Gasteiger partial charge >= 0.3 is 0 Å². The van der Waals surface area contributed by atoms with E-state index in [0.717, 1.165) is 12.1 Å². The van der Waals surface area contributed by atoms with Crippen molar-refractivity contribution in [3.05, 3.63) is 35.4 Å². The van der Waals surface area contributed by atoms with Crippen LogP contribution in [0.4, 0.5) is 0 Å². The molecule has 0 radical (unpaired) electrons. The molecule has 1 rings (SSSR count). The summed E-state index contributed by atoms with van der Waals surface area (Å²) in [7, 11) is 2.20. The maximum atomic E-state index is 8.86. The summed E-state index contributed by atoms with van der Waals surface area (Å²) in [6, 6.07) is 10.2. The van der Waals surface area contributed by atoms with E-state index in [-0.39, 0.29) is 0 Å². The average Bonchev–Trinajstić information content (AvgIpc) is 2.74. The Labute approximate surface area is 181 Å². The van der Waals surface area contributed by atoms with Gasteiger partial charge in [-0.05, 0) is 37.7 Å². The summed E-state index contributed by atoms with van der Waals surface area (Å²) in [5, 5.41) is 8.86. The van der Waals surface area contributed by atoms with E-state index in [2.05, 4.69) is 37.1 Å². The fourth-order valence-corrected chi connectivity index (χ4v) is 4.01. The van der Waals surface area contributed by atoms with Crippen LogP contribution in [-0.2, 0) is 6.54 Å². The van der Waals surface area contributed by atoms with Crippen molar-refractivity contribution in [3.8, 4) is 6.07 Å². The molecule has 0 aliphatic rings. The molecule has 0 spiro atoms. The molecule has 2 nitrogen and oxygen atoms in total. The molecule has 29 heavy (non-hydrogen) atoms. The third kappa shape index (κ3) is 15.2. The van der Waals surface area contributed by atoms with Gasteiger partial charge in [0.1, 0.15) is 0 Å². The lowest BCUT2D eigenvalue weighted by atomic mass is 10.0. The van der Waals surface area contributed by atoms with Crippen LogP contribution in [0.3, 0.4) is 0 Å². The molecule has 0 unspecified atom stereocenters. The van der Waals surface area contributed by atoms with Crippen LogP contribution in [0.15, 0.2) is 24.3 Å². The standard InChI is InChI=1S/C27H46N2/c1-3-4-5-6-7-8-9-10-11-12-13-14-15-16-17-18-23-29(2)25-27-21-19-26(24-28)20-22-27/h19-22H,3-18,23,25H2,1-2H3. The molecule has 1 aromatic carbocycles. The second-order valence-electron chi connectivity index (χ2n) is 8.85. The Balaban J connectivity index is 1.82. The van der Waals surface area contributed by atoms with Gasteiger partial charge in [-0.25, -0.2) is 0 Å². The number of nitriles is 1. The first-order valence-corrected chi connectivity index (χ1v) is 12.4. The third-order valence-corrected chi connectivity index (χ3v) is 5.93. The molecule has 0 aliphatic heterocycles. The SMILES string of the molecule is CCCCCCCCCCCCCCCCCCN(C)Cc1ccc(C#N)cc1. The van der Waals surface area contributed by atoms with Crippen molar-refractivity contribution in [1.29, 1.82) is 5.26 Å². The van der Waals surface area contributed by atoms with E-state index >= 15 is 0 Å². The molecular formula is C27H46N2. The van der Waals surface area contributed by atoms with Crippen LogP contribution >= 0.6 is 0 Å². The summed E-state index contributed by atoms with van der Waals surface area (Å²) in [4.78, 5) is 2.39. The Hall–Kier alpha value is -1.33. The maximum absolute atomic E-state index is 8.86. The third-order valence-electron chi connectivity index (χ3n) is 5.93. The van der Waals surface area contributed by atoms with E-state index in [1.54, 1.807) is 0 Å². The van der Waals surface area contributed by atoms with Crippen molar-refractivity contribution < 1.29 is 0 Å².